The monoisotopic (exact) mass is 525 g/mol. The van der Waals surface area contributed by atoms with Crippen molar-refractivity contribution in [1.29, 1.82) is 0 Å². The van der Waals surface area contributed by atoms with E-state index < -0.39 is 36.3 Å². The van der Waals surface area contributed by atoms with E-state index in [1.165, 1.54) is 4.90 Å². The van der Waals surface area contributed by atoms with E-state index in [1.807, 2.05) is 71.0 Å². The zero-order valence-corrected chi connectivity index (χ0v) is 24.0. The number of aliphatic hydroxyl groups is 1. The Labute approximate surface area is 226 Å². The second-order valence-electron chi connectivity index (χ2n) is 10.7. The number of nitrogens with one attached hydrogen (secondary N) is 2. The fraction of sp³-hybridized carbons (Fsp3) is 0.500. The third-order valence-electron chi connectivity index (χ3n) is 6.31. The van der Waals surface area contributed by atoms with Gasteiger partial charge in [0.1, 0.15) is 17.7 Å². The summed E-state index contributed by atoms with van der Waals surface area (Å²) in [6.07, 6.45) is 0.600. The molecule has 8 heteroatoms. The summed E-state index contributed by atoms with van der Waals surface area (Å²) < 4.78 is 5.31. The maximum absolute atomic E-state index is 14.1. The van der Waals surface area contributed by atoms with E-state index in [-0.39, 0.29) is 12.5 Å². The molecule has 0 aromatic heterocycles. The Morgan fingerprint density at radius 2 is 1.47 bits per heavy atom. The van der Waals surface area contributed by atoms with Gasteiger partial charge in [0.05, 0.1) is 6.61 Å². The summed E-state index contributed by atoms with van der Waals surface area (Å²) in [4.78, 5) is 41.9. The highest BCUT2D eigenvalue weighted by Crippen LogP contribution is 2.31. The minimum Gasteiger partial charge on any atom is -0.444 e. The van der Waals surface area contributed by atoms with Gasteiger partial charge in [0.25, 0.3) is 5.91 Å². The normalized spacial score (nSPS) is 12.9. The van der Waals surface area contributed by atoms with Gasteiger partial charge in [-0.05, 0) is 82.7 Å². The molecule has 38 heavy (non-hydrogen) atoms. The van der Waals surface area contributed by atoms with Crippen molar-refractivity contribution in [2.24, 2.45) is 0 Å². The summed E-state index contributed by atoms with van der Waals surface area (Å²) in [6, 6.07) is 9.23. The summed E-state index contributed by atoms with van der Waals surface area (Å²) >= 11 is 0. The number of rotatable bonds is 10. The van der Waals surface area contributed by atoms with Gasteiger partial charge in [-0.1, -0.05) is 49.7 Å². The van der Waals surface area contributed by atoms with Gasteiger partial charge in [-0.25, -0.2) is 4.79 Å². The summed E-state index contributed by atoms with van der Waals surface area (Å²) in [6.45, 7) is 14.4. The number of aliphatic hydroxyl groups excluding tert-OH is 1. The van der Waals surface area contributed by atoms with E-state index in [4.69, 9.17) is 4.74 Å². The summed E-state index contributed by atoms with van der Waals surface area (Å²) in [5, 5.41) is 15.7. The first-order valence-electron chi connectivity index (χ1n) is 13.1. The Hall–Kier alpha value is -3.39. The van der Waals surface area contributed by atoms with Gasteiger partial charge < -0.3 is 25.4 Å². The lowest BCUT2D eigenvalue weighted by molar-refractivity contribution is -0.141. The van der Waals surface area contributed by atoms with Crippen molar-refractivity contribution < 1.29 is 24.2 Å². The Kier molecular flexibility index (Phi) is 10.9. The van der Waals surface area contributed by atoms with E-state index in [0.29, 0.717) is 12.1 Å². The number of alkyl carbamates (subject to hydrolysis) is 1. The molecule has 3 N–H and O–H groups in total. The number of aryl methyl sites for hydroxylation is 4. The van der Waals surface area contributed by atoms with Crippen LogP contribution in [-0.4, -0.2) is 52.7 Å². The highest BCUT2D eigenvalue weighted by atomic mass is 16.6. The molecule has 2 rings (SSSR count). The molecule has 2 unspecified atom stereocenters. The molecule has 2 aromatic carbocycles. The number of unbranched alkanes of at least 4 members (excludes halogenated alkanes) is 1. The zero-order chi connectivity index (χ0) is 28.6. The predicted octanol–water partition coefficient (Wildman–Crippen LogP) is 5.11. The molecular formula is C30H43N3O5. The maximum Gasteiger partial charge on any atom is 0.408 e. The summed E-state index contributed by atoms with van der Waals surface area (Å²) in [7, 11) is 0. The molecule has 3 amide bonds. The molecule has 0 saturated carbocycles. The van der Waals surface area contributed by atoms with Gasteiger partial charge >= 0.3 is 6.09 Å². The molecule has 0 aliphatic rings. The standard InChI is InChI=1S/C30H43N3O5/c1-9-10-17-33(28(36)23(18-34)31-29(37)38-30(6,7)8)26(24-19(2)13-11-14-20(24)3)27(35)32-25-21(4)15-12-16-22(25)5/h11-16,23,26,34H,9-10,17-18H2,1-8H3,(H,31,37)(H,32,35). The molecule has 2 atom stereocenters. The van der Waals surface area contributed by atoms with Gasteiger partial charge in [0, 0.05) is 12.2 Å². The number of ether oxygens (including phenoxy) is 1. The van der Waals surface area contributed by atoms with E-state index in [2.05, 4.69) is 10.6 Å². The predicted molar refractivity (Wildman–Crippen MR) is 150 cm³/mol. The molecular weight excluding hydrogens is 482 g/mol. The highest BCUT2D eigenvalue weighted by Gasteiger charge is 2.37. The van der Waals surface area contributed by atoms with Crippen molar-refractivity contribution >= 4 is 23.6 Å². The largest absolute Gasteiger partial charge is 0.444 e. The van der Waals surface area contributed by atoms with Gasteiger partial charge in [-0.2, -0.15) is 0 Å². The molecule has 0 radical (unpaired) electrons. The lowest BCUT2D eigenvalue weighted by Crippen LogP contribution is -2.54. The summed E-state index contributed by atoms with van der Waals surface area (Å²) in [5.41, 5.74) is 4.18. The van der Waals surface area contributed by atoms with Crippen molar-refractivity contribution in [3.63, 3.8) is 0 Å². The van der Waals surface area contributed by atoms with Crippen LogP contribution in [0.5, 0.6) is 0 Å². The van der Waals surface area contributed by atoms with Gasteiger partial charge in [-0.3, -0.25) is 9.59 Å². The van der Waals surface area contributed by atoms with Crippen molar-refractivity contribution in [1.82, 2.24) is 10.2 Å². The molecule has 0 saturated heterocycles. The molecule has 0 bridgehead atoms. The second kappa shape index (κ2) is 13.4. The van der Waals surface area contributed by atoms with Crippen LogP contribution in [-0.2, 0) is 14.3 Å². The average molecular weight is 526 g/mol. The second-order valence-corrected chi connectivity index (χ2v) is 10.7. The number of amides is 3. The molecule has 0 spiro atoms. The van der Waals surface area contributed by atoms with Crippen LogP contribution in [0.1, 0.15) is 74.4 Å². The fourth-order valence-electron chi connectivity index (χ4n) is 4.42. The van der Waals surface area contributed by atoms with Crippen molar-refractivity contribution in [3.05, 3.63) is 64.2 Å². The van der Waals surface area contributed by atoms with Gasteiger partial charge in [0.15, 0.2) is 0 Å². The summed E-state index contributed by atoms with van der Waals surface area (Å²) in [5.74, 6) is -0.922. The lowest BCUT2D eigenvalue weighted by Gasteiger charge is -2.35. The number of carbonyl (C=O) groups excluding carboxylic acids is 3. The molecule has 2 aromatic rings. The quantitative estimate of drug-likeness (QED) is 0.399. The third-order valence-corrected chi connectivity index (χ3v) is 6.31. The number of benzene rings is 2. The molecule has 0 aliphatic heterocycles. The van der Waals surface area contributed by atoms with Crippen LogP contribution in [0.4, 0.5) is 10.5 Å². The van der Waals surface area contributed by atoms with Crippen molar-refractivity contribution in [2.45, 2.75) is 85.9 Å². The zero-order valence-electron chi connectivity index (χ0n) is 24.0. The topological polar surface area (TPSA) is 108 Å². The maximum atomic E-state index is 14.1. The number of hydrogen-bond donors (Lipinski definition) is 3. The number of nitrogens with zero attached hydrogens (tertiary/aromatic N) is 1. The Morgan fingerprint density at radius 3 is 1.95 bits per heavy atom. The molecule has 0 fully saturated rings. The van der Waals surface area contributed by atoms with Gasteiger partial charge in [0.2, 0.25) is 5.91 Å². The Bertz CT molecular complexity index is 1100. The van der Waals surface area contributed by atoms with Crippen molar-refractivity contribution in [3.8, 4) is 0 Å². The first-order valence-corrected chi connectivity index (χ1v) is 13.1. The van der Waals surface area contributed by atoms with E-state index in [9.17, 15) is 19.5 Å². The van der Waals surface area contributed by atoms with Crippen LogP contribution < -0.4 is 10.6 Å². The van der Waals surface area contributed by atoms with E-state index >= 15 is 0 Å². The van der Waals surface area contributed by atoms with Crippen molar-refractivity contribution in [2.75, 3.05) is 18.5 Å². The van der Waals surface area contributed by atoms with Crippen LogP contribution in [0.3, 0.4) is 0 Å². The third kappa shape index (κ3) is 8.05. The Morgan fingerprint density at radius 1 is 0.947 bits per heavy atom. The van der Waals surface area contributed by atoms with Crippen LogP contribution in [0.15, 0.2) is 36.4 Å². The first-order chi connectivity index (χ1) is 17.8. The molecule has 208 valence electrons. The molecule has 8 nitrogen and oxygen atoms in total. The smallest absolute Gasteiger partial charge is 0.408 e. The number of hydrogen-bond acceptors (Lipinski definition) is 5. The van der Waals surface area contributed by atoms with Crippen LogP contribution in [0.2, 0.25) is 0 Å². The van der Waals surface area contributed by atoms with Gasteiger partial charge in [-0.15, -0.1) is 0 Å². The minimum atomic E-state index is -1.28. The minimum absolute atomic E-state index is 0.264. The van der Waals surface area contributed by atoms with E-state index in [1.54, 1.807) is 20.8 Å². The van der Waals surface area contributed by atoms with Crippen LogP contribution in [0, 0.1) is 27.7 Å². The average Bonchev–Trinajstić information content (AvgIpc) is 2.82. The van der Waals surface area contributed by atoms with Crippen LogP contribution in [0.25, 0.3) is 0 Å². The fourth-order valence-corrected chi connectivity index (χ4v) is 4.42. The number of carbonyl (C=O) groups is 3. The van der Waals surface area contributed by atoms with Crippen LogP contribution >= 0.6 is 0 Å². The lowest BCUT2D eigenvalue weighted by atomic mass is 9.93. The first kappa shape index (κ1) is 30.8. The Balaban J connectivity index is 2.58. The number of para-hydroxylation sites is 1. The SMILES string of the molecule is CCCCN(C(=O)C(CO)NC(=O)OC(C)(C)C)C(C(=O)Nc1c(C)cccc1C)c1c(C)cccc1C. The molecule has 0 aliphatic carbocycles. The van der Waals surface area contributed by atoms with E-state index in [0.717, 1.165) is 34.2 Å². The number of anilines is 1. The highest BCUT2D eigenvalue weighted by molar-refractivity contribution is 6.00. The molecule has 0 heterocycles.